The number of fused-ring (bicyclic) bond motifs is 1. The number of likely N-dealkylation sites (N-methyl/N-ethyl adjacent to an activating group) is 1. The maximum atomic E-state index is 4.53. The van der Waals surface area contributed by atoms with Gasteiger partial charge < -0.3 is 4.90 Å². The van der Waals surface area contributed by atoms with Crippen LogP contribution >= 0.6 is 0 Å². The van der Waals surface area contributed by atoms with Crippen molar-refractivity contribution >= 4 is 12.1 Å². The zero-order valence-corrected chi connectivity index (χ0v) is 8.36. The predicted octanol–water partition coefficient (Wildman–Crippen LogP) is 1.67. The number of aliphatic imine (C=N–C) groups is 2. The topological polar surface area (TPSA) is 28.0 Å². The monoisotopic (exact) mass is 177 g/mol. The summed E-state index contributed by atoms with van der Waals surface area (Å²) in [6, 6.07) is 0.391. The molecule has 2 rings (SSSR count). The molecule has 3 heteroatoms. The number of hydrogen-bond donors (Lipinski definition) is 0. The first-order chi connectivity index (χ1) is 6.18. The molecule has 2 heterocycles. The summed E-state index contributed by atoms with van der Waals surface area (Å²) in [6.07, 6.45) is 5.09. The van der Waals surface area contributed by atoms with E-state index in [0.717, 1.165) is 18.0 Å². The molecule has 0 spiro atoms. The van der Waals surface area contributed by atoms with E-state index in [0.29, 0.717) is 12.0 Å². The molecular formula is C10H15N3. The van der Waals surface area contributed by atoms with Crippen molar-refractivity contribution in [2.75, 3.05) is 7.05 Å². The molecule has 3 nitrogen and oxygen atoms in total. The Morgan fingerprint density at radius 1 is 1.54 bits per heavy atom. The summed E-state index contributed by atoms with van der Waals surface area (Å²) in [6.45, 7) is 4.31. The second kappa shape index (κ2) is 2.98. The maximum Gasteiger partial charge on any atom is 0.150 e. The number of amidine groups is 1. The van der Waals surface area contributed by atoms with Crippen molar-refractivity contribution in [1.82, 2.24) is 4.90 Å². The van der Waals surface area contributed by atoms with Crippen LogP contribution in [0.25, 0.3) is 0 Å². The van der Waals surface area contributed by atoms with Crippen LogP contribution < -0.4 is 0 Å². The summed E-state index contributed by atoms with van der Waals surface area (Å²) in [7, 11) is 2.09. The van der Waals surface area contributed by atoms with Gasteiger partial charge in [-0.25, -0.2) is 9.98 Å². The molecule has 0 amide bonds. The molecule has 0 fully saturated rings. The molecule has 0 saturated carbocycles. The first-order valence-electron chi connectivity index (χ1n) is 4.73. The van der Waals surface area contributed by atoms with E-state index in [1.165, 1.54) is 0 Å². The molecule has 2 aliphatic rings. The Morgan fingerprint density at radius 2 is 2.31 bits per heavy atom. The van der Waals surface area contributed by atoms with Gasteiger partial charge in [-0.3, -0.25) is 0 Å². The second-order valence-corrected chi connectivity index (χ2v) is 3.91. The average molecular weight is 177 g/mol. The number of hydrogen-bond acceptors (Lipinski definition) is 3. The molecule has 0 saturated heterocycles. The van der Waals surface area contributed by atoms with E-state index >= 15 is 0 Å². The molecule has 0 aliphatic carbocycles. The molecule has 1 atom stereocenters. The van der Waals surface area contributed by atoms with Crippen molar-refractivity contribution in [3.63, 3.8) is 0 Å². The van der Waals surface area contributed by atoms with Gasteiger partial charge in [0.2, 0.25) is 0 Å². The van der Waals surface area contributed by atoms with Crippen molar-refractivity contribution in [1.29, 1.82) is 0 Å². The van der Waals surface area contributed by atoms with Crippen LogP contribution in [0.1, 0.15) is 20.3 Å². The van der Waals surface area contributed by atoms with Crippen LogP contribution in [0, 0.1) is 5.92 Å². The summed E-state index contributed by atoms with van der Waals surface area (Å²) in [5.41, 5.74) is 1.13. The highest BCUT2D eigenvalue weighted by molar-refractivity contribution is 6.01. The molecule has 13 heavy (non-hydrogen) atoms. The summed E-state index contributed by atoms with van der Waals surface area (Å²) in [5, 5.41) is 0. The van der Waals surface area contributed by atoms with Gasteiger partial charge in [0, 0.05) is 25.9 Å². The Labute approximate surface area is 78.9 Å². The van der Waals surface area contributed by atoms with Crippen LogP contribution in [-0.4, -0.2) is 30.0 Å². The third-order valence-electron chi connectivity index (χ3n) is 2.51. The van der Waals surface area contributed by atoms with Crippen molar-refractivity contribution in [3.8, 4) is 0 Å². The van der Waals surface area contributed by atoms with Gasteiger partial charge in [-0.2, -0.15) is 0 Å². The number of allylic oxidation sites excluding steroid dienone is 1. The van der Waals surface area contributed by atoms with Crippen LogP contribution in [0.5, 0.6) is 0 Å². The van der Waals surface area contributed by atoms with E-state index in [1.54, 1.807) is 0 Å². The van der Waals surface area contributed by atoms with E-state index in [-0.39, 0.29) is 0 Å². The van der Waals surface area contributed by atoms with Crippen molar-refractivity contribution in [3.05, 3.63) is 11.9 Å². The van der Waals surface area contributed by atoms with Gasteiger partial charge in [-0.15, -0.1) is 0 Å². The van der Waals surface area contributed by atoms with Gasteiger partial charge in [0.05, 0.1) is 11.7 Å². The molecule has 0 aromatic heterocycles. The molecule has 0 N–H and O–H groups in total. The highest BCUT2D eigenvalue weighted by Crippen LogP contribution is 2.23. The van der Waals surface area contributed by atoms with Gasteiger partial charge in [-0.05, 0) is 5.92 Å². The second-order valence-electron chi connectivity index (χ2n) is 3.91. The first-order valence-corrected chi connectivity index (χ1v) is 4.73. The lowest BCUT2D eigenvalue weighted by molar-refractivity contribution is 0.400. The Morgan fingerprint density at radius 3 is 3.00 bits per heavy atom. The van der Waals surface area contributed by atoms with E-state index in [9.17, 15) is 0 Å². The molecule has 2 aliphatic heterocycles. The lowest BCUT2D eigenvalue weighted by atomic mass is 10.1. The summed E-state index contributed by atoms with van der Waals surface area (Å²) < 4.78 is 0. The average Bonchev–Trinajstić information content (AvgIpc) is 2.51. The zero-order chi connectivity index (χ0) is 9.42. The van der Waals surface area contributed by atoms with Gasteiger partial charge >= 0.3 is 0 Å². The van der Waals surface area contributed by atoms with Crippen molar-refractivity contribution < 1.29 is 0 Å². The molecule has 0 radical (unpaired) electrons. The van der Waals surface area contributed by atoms with Crippen LogP contribution in [0.3, 0.4) is 0 Å². The van der Waals surface area contributed by atoms with Crippen LogP contribution in [-0.2, 0) is 0 Å². The summed E-state index contributed by atoms with van der Waals surface area (Å²) in [5.74, 6) is 1.46. The molecular weight excluding hydrogens is 162 g/mol. The van der Waals surface area contributed by atoms with Crippen LogP contribution in [0.2, 0.25) is 0 Å². The molecule has 70 valence electrons. The van der Waals surface area contributed by atoms with Crippen LogP contribution in [0.15, 0.2) is 21.9 Å². The Balaban J connectivity index is 2.30. The molecule has 0 bridgehead atoms. The van der Waals surface area contributed by atoms with Crippen molar-refractivity contribution in [2.45, 2.75) is 26.3 Å². The minimum absolute atomic E-state index is 0.391. The highest BCUT2D eigenvalue weighted by Gasteiger charge is 2.26. The molecule has 0 aromatic rings. The number of rotatable bonds is 1. The SMILES string of the molecule is CC(C)C1=CN(C)C2CC=NC2=N1. The predicted molar refractivity (Wildman–Crippen MR) is 55.0 cm³/mol. The van der Waals surface area contributed by atoms with Gasteiger partial charge in [-0.1, -0.05) is 13.8 Å². The fourth-order valence-electron chi connectivity index (χ4n) is 1.63. The third-order valence-corrected chi connectivity index (χ3v) is 2.51. The fourth-order valence-corrected chi connectivity index (χ4v) is 1.63. The maximum absolute atomic E-state index is 4.53. The standard InChI is InChI=1S/C10H15N3/c1-7(2)8-6-13(3)9-4-5-11-10(9)12-8/h5-7,9H,4H2,1-3H3. The van der Waals surface area contributed by atoms with Crippen LogP contribution in [0.4, 0.5) is 0 Å². The smallest absolute Gasteiger partial charge is 0.150 e. The van der Waals surface area contributed by atoms with E-state index in [1.807, 2.05) is 6.21 Å². The normalized spacial score (nSPS) is 26.2. The Bertz CT molecular complexity index is 299. The van der Waals surface area contributed by atoms with Crippen molar-refractivity contribution in [2.24, 2.45) is 15.9 Å². The summed E-state index contributed by atoms with van der Waals surface area (Å²) >= 11 is 0. The van der Waals surface area contributed by atoms with Gasteiger partial charge in [0.15, 0.2) is 5.84 Å². The zero-order valence-electron chi connectivity index (χ0n) is 8.36. The lowest BCUT2D eigenvalue weighted by Crippen LogP contribution is -2.34. The lowest BCUT2D eigenvalue weighted by Gasteiger charge is -2.27. The largest absolute Gasteiger partial charge is 0.368 e. The van der Waals surface area contributed by atoms with E-state index in [2.05, 4.69) is 42.0 Å². The van der Waals surface area contributed by atoms with Gasteiger partial charge in [0.1, 0.15) is 0 Å². The molecule has 0 aromatic carbocycles. The first kappa shape index (κ1) is 8.48. The fraction of sp³-hybridized carbons (Fsp3) is 0.600. The minimum Gasteiger partial charge on any atom is -0.368 e. The van der Waals surface area contributed by atoms with Gasteiger partial charge in [0.25, 0.3) is 0 Å². The van der Waals surface area contributed by atoms with E-state index in [4.69, 9.17) is 0 Å². The van der Waals surface area contributed by atoms with E-state index < -0.39 is 0 Å². The quantitative estimate of drug-likeness (QED) is 0.598. The molecule has 1 unspecified atom stereocenters. The summed E-state index contributed by atoms with van der Waals surface area (Å²) in [4.78, 5) is 11.0. The number of nitrogens with zero attached hydrogens (tertiary/aromatic N) is 3. The third kappa shape index (κ3) is 1.39. The Kier molecular flexibility index (Phi) is 1.94. The highest BCUT2D eigenvalue weighted by atomic mass is 15.2. The minimum atomic E-state index is 0.391. The Hall–Kier alpha value is -1.12.